The SMILES string of the molecule is CCC(CCN)CCC(=O)NCc1ccncc1. The zero-order chi connectivity index (χ0) is 13.2. The monoisotopic (exact) mass is 249 g/mol. The Kier molecular flexibility index (Phi) is 7.03. The molecule has 0 saturated carbocycles. The van der Waals surface area contributed by atoms with Crippen LogP contribution in [0.1, 0.15) is 38.2 Å². The maximum atomic E-state index is 11.7. The van der Waals surface area contributed by atoms with Crippen LogP contribution in [0.4, 0.5) is 0 Å². The van der Waals surface area contributed by atoms with Gasteiger partial charge in [-0.2, -0.15) is 0 Å². The number of hydrogen-bond acceptors (Lipinski definition) is 3. The summed E-state index contributed by atoms with van der Waals surface area (Å²) in [6.45, 7) is 3.43. The van der Waals surface area contributed by atoms with Crippen molar-refractivity contribution in [3.05, 3.63) is 30.1 Å². The molecule has 1 heterocycles. The maximum absolute atomic E-state index is 11.7. The van der Waals surface area contributed by atoms with E-state index in [1.807, 2.05) is 12.1 Å². The van der Waals surface area contributed by atoms with Crippen LogP contribution in [0.2, 0.25) is 0 Å². The van der Waals surface area contributed by atoms with E-state index >= 15 is 0 Å². The van der Waals surface area contributed by atoms with E-state index in [1.54, 1.807) is 12.4 Å². The van der Waals surface area contributed by atoms with Crippen molar-refractivity contribution < 1.29 is 4.79 Å². The summed E-state index contributed by atoms with van der Waals surface area (Å²) in [5, 5.41) is 2.92. The molecule has 1 amide bonds. The first-order valence-corrected chi connectivity index (χ1v) is 6.62. The highest BCUT2D eigenvalue weighted by Gasteiger charge is 2.08. The predicted octanol–water partition coefficient (Wildman–Crippen LogP) is 1.85. The van der Waals surface area contributed by atoms with E-state index in [0.29, 0.717) is 25.4 Å². The van der Waals surface area contributed by atoms with Gasteiger partial charge in [-0.15, -0.1) is 0 Å². The Hall–Kier alpha value is -1.42. The van der Waals surface area contributed by atoms with Gasteiger partial charge in [0.2, 0.25) is 5.91 Å². The van der Waals surface area contributed by atoms with Crippen molar-refractivity contribution in [3.8, 4) is 0 Å². The fourth-order valence-electron chi connectivity index (χ4n) is 1.91. The standard InChI is InChI=1S/C14H23N3O/c1-2-12(5-8-15)3-4-14(18)17-11-13-6-9-16-10-7-13/h6-7,9-10,12H,2-5,8,11,15H2,1H3,(H,17,18). The molecule has 1 unspecified atom stereocenters. The average molecular weight is 249 g/mol. The Morgan fingerprint density at radius 2 is 2.11 bits per heavy atom. The van der Waals surface area contributed by atoms with Gasteiger partial charge in [0, 0.05) is 25.4 Å². The number of nitrogens with one attached hydrogen (secondary N) is 1. The van der Waals surface area contributed by atoms with Crippen molar-refractivity contribution in [2.45, 2.75) is 39.2 Å². The lowest BCUT2D eigenvalue weighted by Gasteiger charge is -2.13. The summed E-state index contributed by atoms with van der Waals surface area (Å²) in [5.41, 5.74) is 6.62. The van der Waals surface area contributed by atoms with E-state index in [-0.39, 0.29) is 5.91 Å². The van der Waals surface area contributed by atoms with Gasteiger partial charge in [-0.25, -0.2) is 0 Å². The molecule has 0 fully saturated rings. The number of carbonyl (C=O) groups excluding carboxylic acids is 1. The predicted molar refractivity (Wildman–Crippen MR) is 72.8 cm³/mol. The first kappa shape index (κ1) is 14.6. The fourth-order valence-corrected chi connectivity index (χ4v) is 1.91. The van der Waals surface area contributed by atoms with Gasteiger partial charge in [-0.05, 0) is 43.0 Å². The van der Waals surface area contributed by atoms with Crippen LogP contribution in [0, 0.1) is 5.92 Å². The van der Waals surface area contributed by atoms with Crippen molar-refractivity contribution in [2.24, 2.45) is 11.7 Å². The molecular formula is C14H23N3O. The topological polar surface area (TPSA) is 68.0 Å². The first-order chi connectivity index (χ1) is 8.76. The molecule has 0 saturated heterocycles. The van der Waals surface area contributed by atoms with E-state index in [1.165, 1.54) is 0 Å². The number of carbonyl (C=O) groups is 1. The zero-order valence-corrected chi connectivity index (χ0v) is 11.1. The Bertz CT molecular complexity index is 340. The van der Waals surface area contributed by atoms with Crippen LogP contribution in [0.15, 0.2) is 24.5 Å². The molecule has 0 radical (unpaired) electrons. The van der Waals surface area contributed by atoms with Gasteiger partial charge in [0.05, 0.1) is 0 Å². The molecule has 0 aliphatic heterocycles. The summed E-state index contributed by atoms with van der Waals surface area (Å²) in [6, 6.07) is 3.81. The average Bonchev–Trinajstić information content (AvgIpc) is 2.42. The van der Waals surface area contributed by atoms with Crippen LogP contribution in [0.5, 0.6) is 0 Å². The Labute approximate surface area is 109 Å². The molecule has 0 bridgehead atoms. The third-order valence-corrected chi connectivity index (χ3v) is 3.17. The molecule has 0 aliphatic carbocycles. The molecule has 18 heavy (non-hydrogen) atoms. The van der Waals surface area contributed by atoms with Gasteiger partial charge in [0.15, 0.2) is 0 Å². The highest BCUT2D eigenvalue weighted by molar-refractivity contribution is 5.75. The van der Waals surface area contributed by atoms with Crippen molar-refractivity contribution >= 4 is 5.91 Å². The van der Waals surface area contributed by atoms with E-state index in [2.05, 4.69) is 17.2 Å². The largest absolute Gasteiger partial charge is 0.352 e. The first-order valence-electron chi connectivity index (χ1n) is 6.62. The van der Waals surface area contributed by atoms with Crippen LogP contribution in [-0.2, 0) is 11.3 Å². The highest BCUT2D eigenvalue weighted by atomic mass is 16.1. The molecule has 0 spiro atoms. The second-order valence-electron chi connectivity index (χ2n) is 4.52. The number of pyridine rings is 1. The molecule has 1 atom stereocenters. The van der Waals surface area contributed by atoms with Crippen LogP contribution in [0.25, 0.3) is 0 Å². The molecular weight excluding hydrogens is 226 g/mol. The lowest BCUT2D eigenvalue weighted by molar-refractivity contribution is -0.121. The molecule has 1 aromatic rings. The minimum absolute atomic E-state index is 0.113. The van der Waals surface area contributed by atoms with Crippen LogP contribution < -0.4 is 11.1 Å². The van der Waals surface area contributed by atoms with Crippen molar-refractivity contribution in [1.82, 2.24) is 10.3 Å². The lowest BCUT2D eigenvalue weighted by Crippen LogP contribution is -2.23. The van der Waals surface area contributed by atoms with Gasteiger partial charge < -0.3 is 11.1 Å². The molecule has 1 aromatic heterocycles. The van der Waals surface area contributed by atoms with E-state index < -0.39 is 0 Å². The third-order valence-electron chi connectivity index (χ3n) is 3.17. The van der Waals surface area contributed by atoms with E-state index in [4.69, 9.17) is 5.73 Å². The van der Waals surface area contributed by atoms with E-state index in [0.717, 1.165) is 24.8 Å². The Balaban J connectivity index is 2.21. The molecule has 4 nitrogen and oxygen atoms in total. The minimum Gasteiger partial charge on any atom is -0.352 e. The molecule has 1 rings (SSSR count). The minimum atomic E-state index is 0.113. The Morgan fingerprint density at radius 1 is 1.39 bits per heavy atom. The summed E-state index contributed by atoms with van der Waals surface area (Å²) in [6.07, 6.45) is 7.08. The number of hydrogen-bond donors (Lipinski definition) is 2. The molecule has 0 aromatic carbocycles. The second-order valence-corrected chi connectivity index (χ2v) is 4.52. The number of aromatic nitrogens is 1. The smallest absolute Gasteiger partial charge is 0.220 e. The number of nitrogens with two attached hydrogens (primary N) is 1. The van der Waals surface area contributed by atoms with Gasteiger partial charge in [-0.1, -0.05) is 13.3 Å². The molecule has 0 aliphatic rings. The van der Waals surface area contributed by atoms with Crippen LogP contribution >= 0.6 is 0 Å². The van der Waals surface area contributed by atoms with Crippen molar-refractivity contribution in [3.63, 3.8) is 0 Å². The van der Waals surface area contributed by atoms with Crippen LogP contribution in [0.3, 0.4) is 0 Å². The summed E-state index contributed by atoms with van der Waals surface area (Å²) in [7, 11) is 0. The van der Waals surface area contributed by atoms with Gasteiger partial charge in [-0.3, -0.25) is 9.78 Å². The highest BCUT2D eigenvalue weighted by Crippen LogP contribution is 2.14. The summed E-state index contributed by atoms with van der Waals surface area (Å²) < 4.78 is 0. The molecule has 4 heteroatoms. The van der Waals surface area contributed by atoms with Gasteiger partial charge >= 0.3 is 0 Å². The second kappa shape index (κ2) is 8.64. The van der Waals surface area contributed by atoms with Crippen molar-refractivity contribution in [2.75, 3.05) is 6.54 Å². The summed E-state index contributed by atoms with van der Waals surface area (Å²) in [4.78, 5) is 15.6. The number of amides is 1. The third kappa shape index (κ3) is 5.77. The number of rotatable bonds is 8. The Morgan fingerprint density at radius 3 is 2.72 bits per heavy atom. The zero-order valence-electron chi connectivity index (χ0n) is 11.1. The quantitative estimate of drug-likeness (QED) is 0.739. The molecule has 100 valence electrons. The number of nitrogens with zero attached hydrogens (tertiary/aromatic N) is 1. The van der Waals surface area contributed by atoms with Crippen molar-refractivity contribution in [1.29, 1.82) is 0 Å². The lowest BCUT2D eigenvalue weighted by atomic mass is 9.96. The van der Waals surface area contributed by atoms with Gasteiger partial charge in [0.1, 0.15) is 0 Å². The van der Waals surface area contributed by atoms with E-state index in [9.17, 15) is 4.79 Å². The van der Waals surface area contributed by atoms with Gasteiger partial charge in [0.25, 0.3) is 0 Å². The fraction of sp³-hybridized carbons (Fsp3) is 0.571. The normalized spacial score (nSPS) is 12.1. The molecule has 3 N–H and O–H groups in total. The van der Waals surface area contributed by atoms with Crippen LogP contribution in [-0.4, -0.2) is 17.4 Å². The summed E-state index contributed by atoms with van der Waals surface area (Å²) in [5.74, 6) is 0.684. The summed E-state index contributed by atoms with van der Waals surface area (Å²) >= 11 is 0. The maximum Gasteiger partial charge on any atom is 0.220 e.